The lowest BCUT2D eigenvalue weighted by Gasteiger charge is -2.09. The Hall–Kier alpha value is -0.610. The summed E-state index contributed by atoms with van der Waals surface area (Å²) >= 11 is 0. The number of rotatable bonds is 6. The third-order valence-corrected chi connectivity index (χ3v) is 2.32. The van der Waals surface area contributed by atoms with Crippen molar-refractivity contribution in [3.8, 4) is 0 Å². The van der Waals surface area contributed by atoms with Gasteiger partial charge in [-0.1, -0.05) is 6.92 Å². The van der Waals surface area contributed by atoms with Gasteiger partial charge in [0, 0.05) is 19.1 Å². The lowest BCUT2D eigenvalue weighted by Crippen LogP contribution is -2.36. The van der Waals surface area contributed by atoms with Gasteiger partial charge in [0.2, 0.25) is 5.91 Å². The first-order valence-corrected chi connectivity index (χ1v) is 5.38. The van der Waals surface area contributed by atoms with Gasteiger partial charge in [-0.15, -0.1) is 0 Å². The molecule has 0 spiro atoms. The summed E-state index contributed by atoms with van der Waals surface area (Å²) in [5.74, 6) is 0.607. The van der Waals surface area contributed by atoms with Crippen LogP contribution >= 0.6 is 0 Å². The highest BCUT2D eigenvalue weighted by Gasteiger charge is 2.15. The van der Waals surface area contributed by atoms with Crippen LogP contribution in [0.25, 0.3) is 0 Å². The van der Waals surface area contributed by atoms with Crippen molar-refractivity contribution in [2.75, 3.05) is 32.8 Å². The summed E-state index contributed by atoms with van der Waals surface area (Å²) in [6, 6.07) is 0. The number of amides is 1. The maximum absolute atomic E-state index is 11.3. The standard InChI is InChI=1S/C10H20N2O2/c1-2-4-11-7-10(13)12-6-9-3-5-14-8-9/h9,11H,2-8H2,1H3,(H,12,13). The van der Waals surface area contributed by atoms with E-state index in [2.05, 4.69) is 17.6 Å². The van der Waals surface area contributed by atoms with E-state index in [1.807, 2.05) is 0 Å². The fourth-order valence-corrected chi connectivity index (χ4v) is 1.44. The summed E-state index contributed by atoms with van der Waals surface area (Å²) in [7, 11) is 0. The van der Waals surface area contributed by atoms with Gasteiger partial charge in [-0.05, 0) is 19.4 Å². The van der Waals surface area contributed by atoms with Gasteiger partial charge in [-0.25, -0.2) is 0 Å². The van der Waals surface area contributed by atoms with E-state index in [1.165, 1.54) is 0 Å². The Morgan fingerprint density at radius 1 is 1.57 bits per heavy atom. The van der Waals surface area contributed by atoms with Crippen molar-refractivity contribution in [3.63, 3.8) is 0 Å². The molecule has 0 aromatic carbocycles. The van der Waals surface area contributed by atoms with Crippen molar-refractivity contribution < 1.29 is 9.53 Å². The Labute approximate surface area is 85.4 Å². The van der Waals surface area contributed by atoms with Crippen molar-refractivity contribution in [2.24, 2.45) is 5.92 Å². The van der Waals surface area contributed by atoms with E-state index in [0.717, 1.165) is 39.1 Å². The lowest BCUT2D eigenvalue weighted by atomic mass is 10.1. The Balaban J connectivity index is 1.96. The molecular weight excluding hydrogens is 180 g/mol. The first-order chi connectivity index (χ1) is 6.83. The smallest absolute Gasteiger partial charge is 0.233 e. The second-order valence-corrected chi connectivity index (χ2v) is 3.71. The van der Waals surface area contributed by atoms with Crippen LogP contribution in [0.15, 0.2) is 0 Å². The molecule has 1 heterocycles. The number of carbonyl (C=O) groups excluding carboxylic acids is 1. The molecule has 1 aliphatic heterocycles. The van der Waals surface area contributed by atoms with Crippen LogP contribution < -0.4 is 10.6 Å². The van der Waals surface area contributed by atoms with Crippen molar-refractivity contribution in [1.82, 2.24) is 10.6 Å². The maximum Gasteiger partial charge on any atom is 0.233 e. The van der Waals surface area contributed by atoms with Crippen LogP contribution in [0.5, 0.6) is 0 Å². The number of nitrogens with one attached hydrogen (secondary N) is 2. The fraction of sp³-hybridized carbons (Fsp3) is 0.900. The summed E-state index contributed by atoms with van der Waals surface area (Å²) < 4.78 is 5.22. The van der Waals surface area contributed by atoms with E-state index in [9.17, 15) is 4.79 Å². The molecular formula is C10H20N2O2. The number of ether oxygens (including phenoxy) is 1. The van der Waals surface area contributed by atoms with Crippen LogP contribution in [0.3, 0.4) is 0 Å². The van der Waals surface area contributed by atoms with Gasteiger partial charge in [-0.2, -0.15) is 0 Å². The lowest BCUT2D eigenvalue weighted by molar-refractivity contribution is -0.120. The zero-order valence-electron chi connectivity index (χ0n) is 8.84. The molecule has 4 nitrogen and oxygen atoms in total. The molecule has 2 N–H and O–H groups in total. The first kappa shape index (κ1) is 11.5. The van der Waals surface area contributed by atoms with E-state index in [0.29, 0.717) is 12.5 Å². The molecule has 0 radical (unpaired) electrons. The Morgan fingerprint density at radius 3 is 3.07 bits per heavy atom. The van der Waals surface area contributed by atoms with Gasteiger partial charge in [0.15, 0.2) is 0 Å². The predicted octanol–water partition coefficient (Wildman–Crippen LogP) is 0.139. The Morgan fingerprint density at radius 2 is 2.43 bits per heavy atom. The van der Waals surface area contributed by atoms with Crippen molar-refractivity contribution in [3.05, 3.63) is 0 Å². The van der Waals surface area contributed by atoms with Crippen molar-refractivity contribution >= 4 is 5.91 Å². The quantitative estimate of drug-likeness (QED) is 0.600. The van der Waals surface area contributed by atoms with E-state index in [4.69, 9.17) is 4.74 Å². The summed E-state index contributed by atoms with van der Waals surface area (Å²) in [5.41, 5.74) is 0. The Kier molecular flexibility index (Phi) is 5.56. The molecule has 82 valence electrons. The highest BCUT2D eigenvalue weighted by atomic mass is 16.5. The predicted molar refractivity (Wildman–Crippen MR) is 55.1 cm³/mol. The first-order valence-electron chi connectivity index (χ1n) is 5.38. The van der Waals surface area contributed by atoms with Gasteiger partial charge in [-0.3, -0.25) is 4.79 Å². The van der Waals surface area contributed by atoms with E-state index < -0.39 is 0 Å². The minimum atomic E-state index is 0.0883. The van der Waals surface area contributed by atoms with Crippen LogP contribution in [0.2, 0.25) is 0 Å². The average molecular weight is 200 g/mol. The highest BCUT2D eigenvalue weighted by molar-refractivity contribution is 5.77. The van der Waals surface area contributed by atoms with Crippen LogP contribution in [0, 0.1) is 5.92 Å². The Bertz CT molecular complexity index is 168. The second kappa shape index (κ2) is 6.79. The number of hydrogen-bond donors (Lipinski definition) is 2. The third-order valence-electron chi connectivity index (χ3n) is 2.32. The van der Waals surface area contributed by atoms with Crippen molar-refractivity contribution in [1.29, 1.82) is 0 Å². The largest absolute Gasteiger partial charge is 0.381 e. The molecule has 0 aromatic rings. The molecule has 0 aliphatic carbocycles. The number of carbonyl (C=O) groups is 1. The maximum atomic E-state index is 11.3. The van der Waals surface area contributed by atoms with E-state index in [1.54, 1.807) is 0 Å². The normalized spacial score (nSPS) is 21.1. The van der Waals surface area contributed by atoms with Gasteiger partial charge >= 0.3 is 0 Å². The minimum absolute atomic E-state index is 0.0883. The molecule has 0 bridgehead atoms. The average Bonchev–Trinajstić information content (AvgIpc) is 2.68. The summed E-state index contributed by atoms with van der Waals surface area (Å²) in [6.45, 7) is 5.81. The van der Waals surface area contributed by atoms with E-state index >= 15 is 0 Å². The van der Waals surface area contributed by atoms with Crippen LogP contribution in [0.1, 0.15) is 19.8 Å². The zero-order chi connectivity index (χ0) is 10.2. The van der Waals surface area contributed by atoms with Crippen molar-refractivity contribution in [2.45, 2.75) is 19.8 Å². The van der Waals surface area contributed by atoms with Gasteiger partial charge in [0.1, 0.15) is 0 Å². The molecule has 1 fully saturated rings. The fourth-order valence-electron chi connectivity index (χ4n) is 1.44. The number of hydrogen-bond acceptors (Lipinski definition) is 3. The summed E-state index contributed by atoms with van der Waals surface area (Å²) in [6.07, 6.45) is 2.13. The van der Waals surface area contributed by atoms with E-state index in [-0.39, 0.29) is 5.91 Å². The molecule has 0 aromatic heterocycles. The van der Waals surface area contributed by atoms with Gasteiger partial charge in [0.25, 0.3) is 0 Å². The summed E-state index contributed by atoms with van der Waals surface area (Å²) in [5, 5.41) is 5.97. The van der Waals surface area contributed by atoms with Gasteiger partial charge < -0.3 is 15.4 Å². The highest BCUT2D eigenvalue weighted by Crippen LogP contribution is 2.10. The van der Waals surface area contributed by atoms with Crippen LogP contribution in [-0.4, -0.2) is 38.8 Å². The second-order valence-electron chi connectivity index (χ2n) is 3.71. The molecule has 0 saturated carbocycles. The minimum Gasteiger partial charge on any atom is -0.381 e. The topological polar surface area (TPSA) is 50.4 Å². The molecule has 14 heavy (non-hydrogen) atoms. The molecule has 1 atom stereocenters. The molecule has 4 heteroatoms. The molecule has 1 unspecified atom stereocenters. The third kappa shape index (κ3) is 4.58. The van der Waals surface area contributed by atoms with Gasteiger partial charge in [0.05, 0.1) is 13.2 Å². The molecule has 1 amide bonds. The summed E-state index contributed by atoms with van der Waals surface area (Å²) in [4.78, 5) is 11.3. The molecule has 1 saturated heterocycles. The molecule has 1 aliphatic rings. The monoisotopic (exact) mass is 200 g/mol. The SMILES string of the molecule is CCCNCC(=O)NCC1CCOC1. The molecule has 1 rings (SSSR count). The zero-order valence-corrected chi connectivity index (χ0v) is 8.84. The van der Waals surface area contributed by atoms with Crippen LogP contribution in [-0.2, 0) is 9.53 Å². The van der Waals surface area contributed by atoms with Crippen LogP contribution in [0.4, 0.5) is 0 Å².